The predicted molar refractivity (Wildman–Crippen MR) is 85.5 cm³/mol. The zero-order valence-electron chi connectivity index (χ0n) is 13.4. The number of nitrogens with zero attached hydrogens (tertiary/aromatic N) is 1. The van der Waals surface area contributed by atoms with Crippen LogP contribution in [0.1, 0.15) is 52.5 Å². The van der Waals surface area contributed by atoms with E-state index >= 15 is 0 Å². The Morgan fingerprint density at radius 1 is 1.24 bits per heavy atom. The molecule has 1 atom stereocenters. The minimum Gasteiger partial charge on any atom is -0.310 e. The third-order valence-electron chi connectivity index (χ3n) is 3.24. The fraction of sp³-hybridized carbons (Fsp3) is 0.667. The minimum absolute atomic E-state index is 0.0240. The monoisotopic (exact) mass is 313 g/mol. The molecule has 1 aromatic rings. The average molecular weight is 313 g/mol. The van der Waals surface area contributed by atoms with Gasteiger partial charge in [0.15, 0.2) is 5.03 Å². The van der Waals surface area contributed by atoms with Crippen molar-refractivity contribution in [2.75, 3.05) is 0 Å². The van der Waals surface area contributed by atoms with E-state index in [1.807, 2.05) is 13.8 Å². The summed E-state index contributed by atoms with van der Waals surface area (Å²) in [5.74, 6) is 0. The van der Waals surface area contributed by atoms with Crippen molar-refractivity contribution < 1.29 is 8.42 Å². The summed E-state index contributed by atoms with van der Waals surface area (Å²) in [7, 11) is -3.52. The van der Waals surface area contributed by atoms with E-state index in [4.69, 9.17) is 0 Å². The van der Waals surface area contributed by atoms with Crippen LogP contribution >= 0.6 is 0 Å². The van der Waals surface area contributed by atoms with Gasteiger partial charge in [-0.1, -0.05) is 40.2 Å². The van der Waals surface area contributed by atoms with Gasteiger partial charge in [0.2, 0.25) is 0 Å². The zero-order chi connectivity index (χ0) is 15.9. The van der Waals surface area contributed by atoms with E-state index in [9.17, 15) is 8.42 Å². The van der Waals surface area contributed by atoms with Crippen LogP contribution < -0.4 is 10.0 Å². The maximum absolute atomic E-state index is 12.3. The smallest absolute Gasteiger partial charge is 0.258 e. The summed E-state index contributed by atoms with van der Waals surface area (Å²) in [5.41, 5.74) is 0.975. The third kappa shape index (κ3) is 6.11. The van der Waals surface area contributed by atoms with Crippen molar-refractivity contribution in [3.63, 3.8) is 0 Å². The van der Waals surface area contributed by atoms with Gasteiger partial charge in [0, 0.05) is 24.8 Å². The first kappa shape index (κ1) is 18.1. The summed E-state index contributed by atoms with van der Waals surface area (Å²) in [6.45, 7) is 8.85. The molecule has 0 radical (unpaired) electrons. The van der Waals surface area contributed by atoms with Crippen LogP contribution in [0.15, 0.2) is 23.4 Å². The minimum atomic E-state index is -3.52. The Labute approximate surface area is 128 Å². The predicted octanol–water partition coefficient (Wildman–Crippen LogP) is 2.44. The van der Waals surface area contributed by atoms with Gasteiger partial charge in [0.05, 0.1) is 0 Å². The van der Waals surface area contributed by atoms with Crippen molar-refractivity contribution in [3.05, 3.63) is 23.9 Å². The number of rotatable bonds is 9. The largest absolute Gasteiger partial charge is 0.310 e. The van der Waals surface area contributed by atoms with E-state index in [1.165, 1.54) is 0 Å². The molecule has 0 spiro atoms. The van der Waals surface area contributed by atoms with Gasteiger partial charge in [0.1, 0.15) is 0 Å². The molecule has 0 aliphatic carbocycles. The van der Waals surface area contributed by atoms with Crippen LogP contribution in [-0.4, -0.2) is 25.5 Å². The molecule has 1 heterocycles. The molecule has 0 amide bonds. The van der Waals surface area contributed by atoms with Gasteiger partial charge in [-0.25, -0.2) is 18.1 Å². The summed E-state index contributed by atoms with van der Waals surface area (Å²) in [5, 5.41) is 3.36. The van der Waals surface area contributed by atoms with Gasteiger partial charge in [-0.3, -0.25) is 0 Å². The molecule has 0 aromatic carbocycles. The van der Waals surface area contributed by atoms with Crippen molar-refractivity contribution in [3.8, 4) is 0 Å². The molecular weight excluding hydrogens is 286 g/mol. The molecule has 0 bridgehead atoms. The zero-order valence-corrected chi connectivity index (χ0v) is 14.2. The van der Waals surface area contributed by atoms with Crippen molar-refractivity contribution in [2.45, 2.75) is 70.6 Å². The summed E-state index contributed by atoms with van der Waals surface area (Å²) in [6, 6.07) is 3.73. The maximum atomic E-state index is 12.3. The van der Waals surface area contributed by atoms with E-state index < -0.39 is 10.0 Å². The average Bonchev–Trinajstić information content (AvgIpc) is 2.45. The molecule has 6 heteroatoms. The number of nitrogens with one attached hydrogen (secondary N) is 2. The topological polar surface area (TPSA) is 71.1 Å². The summed E-state index contributed by atoms with van der Waals surface area (Å²) in [4.78, 5) is 4.09. The second-order valence-electron chi connectivity index (χ2n) is 5.56. The Morgan fingerprint density at radius 3 is 2.43 bits per heavy atom. The van der Waals surface area contributed by atoms with E-state index in [-0.39, 0.29) is 11.1 Å². The molecule has 0 fully saturated rings. The van der Waals surface area contributed by atoms with Gasteiger partial charge >= 0.3 is 0 Å². The quantitative estimate of drug-likeness (QED) is 0.734. The highest BCUT2D eigenvalue weighted by Gasteiger charge is 2.19. The van der Waals surface area contributed by atoms with Crippen LogP contribution in [0.2, 0.25) is 0 Å². The van der Waals surface area contributed by atoms with E-state index in [0.29, 0.717) is 12.6 Å². The lowest BCUT2D eigenvalue weighted by molar-refractivity contribution is 0.510. The van der Waals surface area contributed by atoms with Crippen LogP contribution in [0.25, 0.3) is 0 Å². The fourth-order valence-electron chi connectivity index (χ4n) is 1.97. The SMILES string of the molecule is CCCC(CC)NS(=O)(=O)c1ccc(CNC(C)C)cn1. The van der Waals surface area contributed by atoms with Gasteiger partial charge in [0.25, 0.3) is 10.0 Å². The van der Waals surface area contributed by atoms with E-state index in [2.05, 4.69) is 28.9 Å². The molecule has 1 unspecified atom stereocenters. The fourth-order valence-corrected chi connectivity index (χ4v) is 3.25. The van der Waals surface area contributed by atoms with Crippen LogP contribution in [0.5, 0.6) is 0 Å². The number of pyridine rings is 1. The molecule has 0 saturated heterocycles. The third-order valence-corrected chi connectivity index (χ3v) is 4.67. The molecule has 5 nitrogen and oxygen atoms in total. The highest BCUT2D eigenvalue weighted by atomic mass is 32.2. The Bertz CT molecular complexity index is 512. The Kier molecular flexibility index (Phi) is 7.28. The maximum Gasteiger partial charge on any atom is 0.258 e. The first-order valence-electron chi connectivity index (χ1n) is 7.59. The van der Waals surface area contributed by atoms with Crippen molar-refractivity contribution in [1.82, 2.24) is 15.0 Å². The molecule has 0 aliphatic heterocycles. The van der Waals surface area contributed by atoms with Gasteiger partial charge < -0.3 is 5.32 Å². The first-order chi connectivity index (χ1) is 9.89. The van der Waals surface area contributed by atoms with Gasteiger partial charge in [-0.15, -0.1) is 0 Å². The molecule has 1 aromatic heterocycles. The van der Waals surface area contributed by atoms with Crippen molar-refractivity contribution in [2.24, 2.45) is 0 Å². The number of sulfonamides is 1. The molecule has 120 valence electrons. The number of aromatic nitrogens is 1. The Hall–Kier alpha value is -0.980. The van der Waals surface area contributed by atoms with Crippen LogP contribution in [0, 0.1) is 0 Å². The molecule has 1 rings (SSSR count). The molecule has 0 saturated carbocycles. The van der Waals surface area contributed by atoms with Gasteiger partial charge in [-0.2, -0.15) is 0 Å². The molecule has 21 heavy (non-hydrogen) atoms. The van der Waals surface area contributed by atoms with E-state index in [1.54, 1.807) is 18.3 Å². The summed E-state index contributed by atoms with van der Waals surface area (Å²) in [6.07, 6.45) is 4.19. The normalized spacial score (nSPS) is 13.6. The van der Waals surface area contributed by atoms with Crippen molar-refractivity contribution in [1.29, 1.82) is 0 Å². The van der Waals surface area contributed by atoms with Crippen LogP contribution in [0.3, 0.4) is 0 Å². The lowest BCUT2D eigenvalue weighted by Gasteiger charge is -2.16. The standard InChI is InChI=1S/C15H27N3O2S/c1-5-7-14(6-2)18-21(19,20)15-9-8-13(11-17-15)10-16-12(3)4/h8-9,11-12,14,16,18H,5-7,10H2,1-4H3. The van der Waals surface area contributed by atoms with Crippen LogP contribution in [-0.2, 0) is 16.6 Å². The Balaban J connectivity index is 2.75. The molecule has 2 N–H and O–H groups in total. The lowest BCUT2D eigenvalue weighted by atomic mass is 10.1. The lowest BCUT2D eigenvalue weighted by Crippen LogP contribution is -2.34. The van der Waals surface area contributed by atoms with Crippen LogP contribution in [0.4, 0.5) is 0 Å². The highest BCUT2D eigenvalue weighted by Crippen LogP contribution is 2.10. The first-order valence-corrected chi connectivity index (χ1v) is 9.08. The second-order valence-corrected chi connectivity index (χ2v) is 7.22. The van der Waals surface area contributed by atoms with Crippen molar-refractivity contribution >= 4 is 10.0 Å². The highest BCUT2D eigenvalue weighted by molar-refractivity contribution is 7.89. The molecule has 0 aliphatic rings. The number of hydrogen-bond donors (Lipinski definition) is 2. The molecular formula is C15H27N3O2S. The second kappa shape index (κ2) is 8.46. The van der Waals surface area contributed by atoms with E-state index in [0.717, 1.165) is 24.8 Å². The van der Waals surface area contributed by atoms with Gasteiger partial charge in [-0.05, 0) is 24.5 Å². The number of hydrogen-bond acceptors (Lipinski definition) is 4. The summed E-state index contributed by atoms with van der Waals surface area (Å²) < 4.78 is 27.3. The summed E-state index contributed by atoms with van der Waals surface area (Å²) >= 11 is 0. The Morgan fingerprint density at radius 2 is 1.95 bits per heavy atom.